The first kappa shape index (κ1) is 19.7. The lowest BCUT2D eigenvalue weighted by Gasteiger charge is -2.10. The molecule has 2 heterocycles. The summed E-state index contributed by atoms with van der Waals surface area (Å²) in [6.45, 7) is 3.26. The Morgan fingerprint density at radius 1 is 1.18 bits per heavy atom. The zero-order valence-corrected chi connectivity index (χ0v) is 16.9. The van der Waals surface area contributed by atoms with Crippen LogP contribution in [-0.4, -0.2) is 31.1 Å². The van der Waals surface area contributed by atoms with E-state index < -0.39 is 5.91 Å². The van der Waals surface area contributed by atoms with Crippen LogP contribution in [0.25, 0.3) is 5.69 Å². The number of nitrogens with zero attached hydrogens (tertiary/aromatic N) is 4. The second-order valence-electron chi connectivity index (χ2n) is 6.29. The highest BCUT2D eigenvalue weighted by molar-refractivity contribution is 7.98. The molecule has 9 heteroatoms. The fourth-order valence-corrected chi connectivity index (χ4v) is 3.54. The van der Waals surface area contributed by atoms with Crippen molar-refractivity contribution in [1.29, 1.82) is 0 Å². The van der Waals surface area contributed by atoms with Gasteiger partial charge in [-0.05, 0) is 32.2 Å². The molecule has 0 radical (unpaired) electrons. The van der Waals surface area contributed by atoms with Crippen molar-refractivity contribution in [2.45, 2.75) is 25.5 Å². The number of thioether (sulfide) groups is 1. The van der Waals surface area contributed by atoms with E-state index in [0.29, 0.717) is 22.2 Å². The number of carbonyl (C=O) groups is 1. The molecule has 0 fully saturated rings. The fraction of sp³-hybridized carbons (Fsp3) is 0.263. The predicted molar refractivity (Wildman–Crippen MR) is 109 cm³/mol. The molecule has 1 N–H and O–H groups in total. The van der Waals surface area contributed by atoms with Crippen molar-refractivity contribution in [1.82, 2.24) is 18.9 Å². The SMILES string of the molecule is CSc1nc(C)cc(=O)n1CC(=O)Nc1c(C)n(C)n(-c2ccccc2)c1=O. The Kier molecular flexibility index (Phi) is 5.55. The van der Waals surface area contributed by atoms with Gasteiger partial charge in [0.05, 0.1) is 11.4 Å². The third kappa shape index (κ3) is 3.65. The number of amides is 1. The Hall–Kier alpha value is -3.07. The molecule has 0 bridgehead atoms. The average Bonchev–Trinajstić information content (AvgIpc) is 2.87. The van der Waals surface area contributed by atoms with Gasteiger partial charge in [-0.3, -0.25) is 23.6 Å². The molecule has 3 rings (SSSR count). The molecule has 0 atom stereocenters. The Morgan fingerprint density at radius 2 is 1.86 bits per heavy atom. The van der Waals surface area contributed by atoms with Gasteiger partial charge in [-0.2, -0.15) is 0 Å². The first-order valence-electron chi connectivity index (χ1n) is 8.60. The van der Waals surface area contributed by atoms with Crippen LogP contribution in [0.1, 0.15) is 11.4 Å². The molecule has 0 spiro atoms. The number of rotatable bonds is 5. The first-order valence-corrected chi connectivity index (χ1v) is 9.82. The van der Waals surface area contributed by atoms with Gasteiger partial charge in [0.2, 0.25) is 5.91 Å². The Morgan fingerprint density at radius 3 is 2.50 bits per heavy atom. The zero-order chi connectivity index (χ0) is 20.4. The van der Waals surface area contributed by atoms with Crippen molar-refractivity contribution >= 4 is 23.4 Å². The molecule has 3 aromatic rings. The van der Waals surface area contributed by atoms with Crippen molar-refractivity contribution in [3.63, 3.8) is 0 Å². The van der Waals surface area contributed by atoms with Crippen molar-refractivity contribution in [2.75, 3.05) is 11.6 Å². The number of carbonyl (C=O) groups excluding carboxylic acids is 1. The quantitative estimate of drug-likeness (QED) is 0.521. The van der Waals surface area contributed by atoms with Crippen molar-refractivity contribution in [3.8, 4) is 5.69 Å². The molecular formula is C19H21N5O3S. The summed E-state index contributed by atoms with van der Waals surface area (Å²) in [7, 11) is 1.75. The minimum atomic E-state index is -0.464. The van der Waals surface area contributed by atoms with E-state index in [4.69, 9.17) is 0 Å². The second kappa shape index (κ2) is 7.89. The molecule has 0 aliphatic carbocycles. The number of aromatic nitrogens is 4. The molecule has 0 saturated carbocycles. The third-order valence-corrected chi connectivity index (χ3v) is 5.08. The third-order valence-electron chi connectivity index (χ3n) is 4.40. The number of hydrogen-bond acceptors (Lipinski definition) is 5. The maximum atomic E-state index is 12.9. The summed E-state index contributed by atoms with van der Waals surface area (Å²) in [4.78, 5) is 42.0. The van der Waals surface area contributed by atoms with Crippen LogP contribution in [0.2, 0.25) is 0 Å². The minimum Gasteiger partial charge on any atom is -0.318 e. The van der Waals surface area contributed by atoms with E-state index in [-0.39, 0.29) is 23.4 Å². The molecule has 0 saturated heterocycles. The molecule has 0 aliphatic heterocycles. The largest absolute Gasteiger partial charge is 0.318 e. The lowest BCUT2D eigenvalue weighted by molar-refractivity contribution is -0.116. The maximum Gasteiger partial charge on any atom is 0.295 e. The monoisotopic (exact) mass is 399 g/mol. The molecule has 1 amide bonds. The van der Waals surface area contributed by atoms with Gasteiger partial charge in [0.15, 0.2) is 5.16 Å². The van der Waals surface area contributed by atoms with Gasteiger partial charge in [0.25, 0.3) is 11.1 Å². The van der Waals surface area contributed by atoms with E-state index in [0.717, 1.165) is 0 Å². The van der Waals surface area contributed by atoms with E-state index >= 15 is 0 Å². The van der Waals surface area contributed by atoms with Crippen LogP contribution in [0.5, 0.6) is 0 Å². The van der Waals surface area contributed by atoms with E-state index in [2.05, 4.69) is 10.3 Å². The topological polar surface area (TPSA) is 90.9 Å². The number of benzene rings is 1. The van der Waals surface area contributed by atoms with Crippen LogP contribution < -0.4 is 16.4 Å². The van der Waals surface area contributed by atoms with Crippen LogP contribution >= 0.6 is 11.8 Å². The molecule has 1 aromatic carbocycles. The summed E-state index contributed by atoms with van der Waals surface area (Å²) in [6.07, 6.45) is 1.79. The van der Waals surface area contributed by atoms with E-state index in [1.807, 2.05) is 30.3 Å². The van der Waals surface area contributed by atoms with Crippen LogP contribution in [0.3, 0.4) is 0 Å². The summed E-state index contributed by atoms with van der Waals surface area (Å²) in [5.74, 6) is -0.464. The van der Waals surface area contributed by atoms with Crippen LogP contribution in [0.15, 0.2) is 51.1 Å². The second-order valence-corrected chi connectivity index (χ2v) is 7.07. The maximum absolute atomic E-state index is 12.9. The van der Waals surface area contributed by atoms with Crippen molar-refractivity contribution < 1.29 is 4.79 Å². The fourth-order valence-electron chi connectivity index (χ4n) is 2.93. The van der Waals surface area contributed by atoms with Gasteiger partial charge >= 0.3 is 0 Å². The number of para-hydroxylation sites is 1. The summed E-state index contributed by atoms with van der Waals surface area (Å²) >= 11 is 1.28. The minimum absolute atomic E-state index is 0.190. The highest BCUT2D eigenvalue weighted by Gasteiger charge is 2.19. The van der Waals surface area contributed by atoms with E-state index in [1.54, 1.807) is 31.8 Å². The van der Waals surface area contributed by atoms with E-state index in [1.165, 1.54) is 27.1 Å². The zero-order valence-electron chi connectivity index (χ0n) is 16.1. The van der Waals surface area contributed by atoms with Gasteiger partial charge in [0, 0.05) is 18.8 Å². The summed E-state index contributed by atoms with van der Waals surface area (Å²) in [6, 6.07) is 10.5. The van der Waals surface area contributed by atoms with Crippen molar-refractivity contribution in [3.05, 3.63) is 68.5 Å². The lowest BCUT2D eigenvalue weighted by Crippen LogP contribution is -2.31. The number of nitrogens with one attached hydrogen (secondary N) is 1. The van der Waals surface area contributed by atoms with Crippen LogP contribution in [0, 0.1) is 13.8 Å². The molecule has 8 nitrogen and oxygen atoms in total. The number of aryl methyl sites for hydroxylation is 1. The van der Waals surface area contributed by atoms with Gasteiger partial charge in [-0.1, -0.05) is 30.0 Å². The smallest absolute Gasteiger partial charge is 0.295 e. The first-order chi connectivity index (χ1) is 13.3. The number of hydrogen-bond donors (Lipinski definition) is 1. The lowest BCUT2D eigenvalue weighted by atomic mass is 10.3. The van der Waals surface area contributed by atoms with Gasteiger partial charge in [-0.25, -0.2) is 9.67 Å². The number of anilines is 1. The summed E-state index contributed by atoms with van der Waals surface area (Å²) < 4.78 is 4.46. The summed E-state index contributed by atoms with van der Waals surface area (Å²) in [5, 5.41) is 3.11. The summed E-state index contributed by atoms with van der Waals surface area (Å²) in [5.41, 5.74) is 1.45. The molecule has 0 unspecified atom stereocenters. The predicted octanol–water partition coefficient (Wildman–Crippen LogP) is 1.71. The Balaban J connectivity index is 1.93. The Bertz CT molecular complexity index is 1140. The Labute approximate surface area is 165 Å². The molecule has 0 aliphatic rings. The van der Waals surface area contributed by atoms with Gasteiger partial charge in [0.1, 0.15) is 12.2 Å². The highest BCUT2D eigenvalue weighted by Crippen LogP contribution is 2.15. The van der Waals surface area contributed by atoms with E-state index in [9.17, 15) is 14.4 Å². The molecular weight excluding hydrogens is 378 g/mol. The normalized spacial score (nSPS) is 10.9. The van der Waals surface area contributed by atoms with Gasteiger partial charge in [-0.15, -0.1) is 0 Å². The standard InChI is InChI=1S/C19H21N5O3S/c1-12-10-16(26)23(19(20-12)28-4)11-15(25)21-17-13(2)22(3)24(18(17)27)14-8-6-5-7-9-14/h5-10H,11H2,1-4H3,(H,21,25). The molecule has 146 valence electrons. The highest BCUT2D eigenvalue weighted by atomic mass is 32.2. The van der Waals surface area contributed by atoms with Crippen molar-refractivity contribution in [2.24, 2.45) is 7.05 Å². The molecule has 2 aromatic heterocycles. The van der Waals surface area contributed by atoms with Crippen LogP contribution in [0.4, 0.5) is 5.69 Å². The van der Waals surface area contributed by atoms with Gasteiger partial charge < -0.3 is 5.32 Å². The molecule has 28 heavy (non-hydrogen) atoms. The average molecular weight is 399 g/mol. The van der Waals surface area contributed by atoms with Crippen LogP contribution in [-0.2, 0) is 18.4 Å².